The molecule has 1 amide bonds. The second-order valence-corrected chi connectivity index (χ2v) is 6.85. The fourth-order valence-corrected chi connectivity index (χ4v) is 3.46. The van der Waals surface area contributed by atoms with Crippen molar-refractivity contribution in [3.8, 4) is 5.75 Å². The predicted molar refractivity (Wildman–Crippen MR) is 91.1 cm³/mol. The van der Waals surface area contributed by atoms with Crippen molar-refractivity contribution in [1.82, 2.24) is 0 Å². The highest BCUT2D eigenvalue weighted by Gasteiger charge is 2.22. The van der Waals surface area contributed by atoms with Crippen LogP contribution in [0.4, 0.5) is 5.69 Å². The Morgan fingerprint density at radius 1 is 1.22 bits per heavy atom. The summed E-state index contributed by atoms with van der Waals surface area (Å²) in [6.07, 6.45) is 7.70. The SMILES string of the molecule is O=C(Nc1cc(Cl)ccc1OC[C@H]1CCCO1)C1CCCCC1. The quantitative estimate of drug-likeness (QED) is 0.865. The van der Waals surface area contributed by atoms with Gasteiger partial charge >= 0.3 is 0 Å². The van der Waals surface area contributed by atoms with Gasteiger partial charge in [0, 0.05) is 17.5 Å². The van der Waals surface area contributed by atoms with Crippen molar-refractivity contribution in [3.63, 3.8) is 0 Å². The molecule has 23 heavy (non-hydrogen) atoms. The summed E-state index contributed by atoms with van der Waals surface area (Å²) in [7, 11) is 0. The molecule has 126 valence electrons. The van der Waals surface area contributed by atoms with Gasteiger partial charge in [-0.3, -0.25) is 4.79 Å². The largest absolute Gasteiger partial charge is 0.489 e. The number of rotatable bonds is 5. The fraction of sp³-hybridized carbons (Fsp3) is 0.611. The molecule has 1 N–H and O–H groups in total. The lowest BCUT2D eigenvalue weighted by atomic mass is 9.88. The Labute approximate surface area is 142 Å². The first-order valence-corrected chi connectivity index (χ1v) is 8.95. The van der Waals surface area contributed by atoms with Crippen molar-refractivity contribution < 1.29 is 14.3 Å². The second kappa shape index (κ2) is 8.02. The molecule has 0 unspecified atom stereocenters. The van der Waals surface area contributed by atoms with Gasteiger partial charge in [0.2, 0.25) is 5.91 Å². The number of hydrogen-bond donors (Lipinski definition) is 1. The van der Waals surface area contributed by atoms with Crippen molar-refractivity contribution in [3.05, 3.63) is 23.2 Å². The molecule has 1 aliphatic carbocycles. The maximum atomic E-state index is 12.5. The lowest BCUT2D eigenvalue weighted by molar-refractivity contribution is -0.120. The van der Waals surface area contributed by atoms with E-state index in [4.69, 9.17) is 21.1 Å². The summed E-state index contributed by atoms with van der Waals surface area (Å²) in [4.78, 5) is 12.5. The molecule has 1 aliphatic heterocycles. The van der Waals surface area contributed by atoms with Gasteiger partial charge in [-0.15, -0.1) is 0 Å². The number of hydrogen-bond acceptors (Lipinski definition) is 3. The molecule has 1 saturated heterocycles. The molecule has 1 aromatic rings. The first-order chi connectivity index (χ1) is 11.2. The molecule has 3 rings (SSSR count). The molecule has 1 saturated carbocycles. The van der Waals surface area contributed by atoms with Gasteiger partial charge in [0.05, 0.1) is 11.8 Å². The molecular weight excluding hydrogens is 314 g/mol. The molecule has 1 heterocycles. The molecule has 4 nitrogen and oxygen atoms in total. The van der Waals surface area contributed by atoms with Gasteiger partial charge < -0.3 is 14.8 Å². The van der Waals surface area contributed by atoms with E-state index < -0.39 is 0 Å². The summed E-state index contributed by atoms with van der Waals surface area (Å²) in [5, 5.41) is 3.60. The van der Waals surface area contributed by atoms with Gasteiger partial charge in [-0.05, 0) is 43.9 Å². The van der Waals surface area contributed by atoms with E-state index in [0.29, 0.717) is 23.1 Å². The average Bonchev–Trinajstić information content (AvgIpc) is 3.08. The van der Waals surface area contributed by atoms with E-state index in [0.717, 1.165) is 45.1 Å². The number of anilines is 1. The minimum Gasteiger partial charge on any atom is -0.489 e. The zero-order chi connectivity index (χ0) is 16.1. The number of nitrogens with one attached hydrogen (secondary N) is 1. The summed E-state index contributed by atoms with van der Waals surface area (Å²) < 4.78 is 11.4. The first kappa shape index (κ1) is 16.6. The number of amides is 1. The van der Waals surface area contributed by atoms with Crippen LogP contribution in [0, 0.1) is 5.92 Å². The Kier molecular flexibility index (Phi) is 5.79. The minimum absolute atomic E-state index is 0.0777. The topological polar surface area (TPSA) is 47.6 Å². The standard InChI is InChI=1S/C18H24ClNO3/c19-14-8-9-17(23-12-15-7-4-10-22-15)16(11-14)20-18(21)13-5-2-1-3-6-13/h8-9,11,13,15H,1-7,10,12H2,(H,20,21)/t15-/m1/s1. The van der Waals surface area contributed by atoms with Gasteiger partial charge in [0.1, 0.15) is 12.4 Å². The molecule has 0 bridgehead atoms. The number of ether oxygens (including phenoxy) is 2. The van der Waals surface area contributed by atoms with Crippen molar-refractivity contribution in [1.29, 1.82) is 0 Å². The number of carbonyl (C=O) groups excluding carboxylic acids is 1. The molecule has 1 aromatic carbocycles. The van der Waals surface area contributed by atoms with Crippen LogP contribution in [0.25, 0.3) is 0 Å². The lowest BCUT2D eigenvalue weighted by Gasteiger charge is -2.22. The van der Waals surface area contributed by atoms with Gasteiger partial charge in [0.15, 0.2) is 0 Å². The van der Waals surface area contributed by atoms with E-state index in [1.165, 1.54) is 6.42 Å². The summed E-state index contributed by atoms with van der Waals surface area (Å²) >= 11 is 6.08. The molecule has 1 atom stereocenters. The first-order valence-electron chi connectivity index (χ1n) is 8.57. The van der Waals surface area contributed by atoms with Gasteiger partial charge in [0.25, 0.3) is 0 Å². The van der Waals surface area contributed by atoms with E-state index in [2.05, 4.69) is 5.32 Å². The van der Waals surface area contributed by atoms with Crippen LogP contribution in [0.2, 0.25) is 5.02 Å². The summed E-state index contributed by atoms with van der Waals surface area (Å²) in [5.74, 6) is 0.844. The van der Waals surface area contributed by atoms with Crippen LogP contribution >= 0.6 is 11.6 Å². The van der Waals surface area contributed by atoms with Crippen LogP contribution in [-0.4, -0.2) is 25.2 Å². The molecule has 2 fully saturated rings. The monoisotopic (exact) mass is 337 g/mol. The third kappa shape index (κ3) is 4.61. The molecule has 0 spiro atoms. The van der Waals surface area contributed by atoms with Crippen LogP contribution in [0.5, 0.6) is 5.75 Å². The van der Waals surface area contributed by atoms with Crippen molar-refractivity contribution in [2.45, 2.75) is 51.0 Å². The Morgan fingerprint density at radius 2 is 2.04 bits per heavy atom. The molecular formula is C18H24ClNO3. The Balaban J connectivity index is 1.64. The van der Waals surface area contributed by atoms with Gasteiger partial charge in [-0.2, -0.15) is 0 Å². The zero-order valence-corrected chi connectivity index (χ0v) is 14.1. The third-order valence-corrected chi connectivity index (χ3v) is 4.86. The van der Waals surface area contributed by atoms with E-state index in [1.807, 2.05) is 6.07 Å². The Hall–Kier alpha value is -1.26. The number of benzene rings is 1. The Morgan fingerprint density at radius 3 is 2.78 bits per heavy atom. The summed E-state index contributed by atoms with van der Waals surface area (Å²) in [6.45, 7) is 1.31. The highest BCUT2D eigenvalue weighted by atomic mass is 35.5. The highest BCUT2D eigenvalue weighted by molar-refractivity contribution is 6.31. The predicted octanol–water partition coefficient (Wildman–Crippen LogP) is 4.42. The number of halogens is 1. The molecule has 5 heteroatoms. The van der Waals surface area contributed by atoms with Crippen LogP contribution in [0.3, 0.4) is 0 Å². The van der Waals surface area contributed by atoms with Crippen molar-refractivity contribution >= 4 is 23.2 Å². The molecule has 0 radical (unpaired) electrons. The van der Waals surface area contributed by atoms with Crippen LogP contribution in [0.15, 0.2) is 18.2 Å². The van der Waals surface area contributed by atoms with Crippen molar-refractivity contribution in [2.24, 2.45) is 5.92 Å². The zero-order valence-electron chi connectivity index (χ0n) is 13.4. The summed E-state index contributed by atoms with van der Waals surface area (Å²) in [6, 6.07) is 5.35. The van der Waals surface area contributed by atoms with E-state index in [9.17, 15) is 4.79 Å². The van der Waals surface area contributed by atoms with Gasteiger partial charge in [-0.1, -0.05) is 30.9 Å². The van der Waals surface area contributed by atoms with Gasteiger partial charge in [-0.25, -0.2) is 0 Å². The lowest BCUT2D eigenvalue weighted by Crippen LogP contribution is -2.25. The highest BCUT2D eigenvalue weighted by Crippen LogP contribution is 2.31. The van der Waals surface area contributed by atoms with E-state index >= 15 is 0 Å². The fourth-order valence-electron chi connectivity index (χ4n) is 3.28. The average molecular weight is 338 g/mol. The summed E-state index contributed by atoms with van der Waals surface area (Å²) in [5.41, 5.74) is 0.658. The van der Waals surface area contributed by atoms with Crippen LogP contribution in [0.1, 0.15) is 44.9 Å². The smallest absolute Gasteiger partial charge is 0.227 e. The third-order valence-electron chi connectivity index (χ3n) is 4.62. The van der Waals surface area contributed by atoms with Crippen LogP contribution in [-0.2, 0) is 9.53 Å². The van der Waals surface area contributed by atoms with Crippen LogP contribution < -0.4 is 10.1 Å². The minimum atomic E-state index is 0.0777. The number of carbonyl (C=O) groups is 1. The maximum Gasteiger partial charge on any atom is 0.227 e. The Bertz CT molecular complexity index is 537. The van der Waals surface area contributed by atoms with Crippen molar-refractivity contribution in [2.75, 3.05) is 18.5 Å². The van der Waals surface area contributed by atoms with E-state index in [1.54, 1.807) is 12.1 Å². The molecule has 2 aliphatic rings. The maximum absolute atomic E-state index is 12.5. The molecule has 0 aromatic heterocycles. The second-order valence-electron chi connectivity index (χ2n) is 6.41. The normalized spacial score (nSPS) is 22.0. The van der Waals surface area contributed by atoms with E-state index in [-0.39, 0.29) is 17.9 Å².